The Labute approximate surface area is 168 Å². The predicted octanol–water partition coefficient (Wildman–Crippen LogP) is 2.80. The molecule has 0 radical (unpaired) electrons. The third-order valence-electron chi connectivity index (χ3n) is 5.00. The second kappa shape index (κ2) is 8.45. The second-order valence-corrected chi connectivity index (χ2v) is 7.11. The van der Waals surface area contributed by atoms with Gasteiger partial charge >= 0.3 is 6.09 Å². The zero-order valence-electron chi connectivity index (χ0n) is 16.6. The van der Waals surface area contributed by atoms with Crippen LogP contribution in [0.4, 0.5) is 4.79 Å². The van der Waals surface area contributed by atoms with Gasteiger partial charge in [0, 0.05) is 10.5 Å². The fourth-order valence-electron chi connectivity index (χ4n) is 3.45. The Kier molecular flexibility index (Phi) is 5.98. The summed E-state index contributed by atoms with van der Waals surface area (Å²) in [5.41, 5.74) is 0.641. The van der Waals surface area contributed by atoms with E-state index in [2.05, 4.69) is 4.99 Å². The number of nitro groups is 1. The number of carbonyl (C=O) groups excluding carboxylic acids is 2. The van der Waals surface area contributed by atoms with Gasteiger partial charge in [0.05, 0.1) is 18.9 Å². The fraction of sp³-hybridized carbons (Fsp3) is 0.500. The van der Waals surface area contributed by atoms with E-state index >= 15 is 0 Å². The van der Waals surface area contributed by atoms with Crippen molar-refractivity contribution in [1.82, 2.24) is 4.90 Å². The predicted molar refractivity (Wildman–Crippen MR) is 104 cm³/mol. The van der Waals surface area contributed by atoms with Crippen LogP contribution in [0.15, 0.2) is 45.8 Å². The Bertz CT molecular complexity index is 890. The summed E-state index contributed by atoms with van der Waals surface area (Å²) in [6, 6.07) is -2.38. The summed E-state index contributed by atoms with van der Waals surface area (Å²) >= 11 is 0. The summed E-state index contributed by atoms with van der Waals surface area (Å²) in [5, 5.41) is 11.8. The van der Waals surface area contributed by atoms with Crippen LogP contribution in [0.25, 0.3) is 0 Å². The largest absolute Gasteiger partial charge is 0.493 e. The molecular weight excluding hydrogens is 378 g/mol. The van der Waals surface area contributed by atoms with Crippen molar-refractivity contribution in [3.8, 4) is 0 Å². The van der Waals surface area contributed by atoms with Crippen molar-refractivity contribution in [2.24, 2.45) is 10.9 Å². The van der Waals surface area contributed by atoms with Crippen LogP contribution in [0.2, 0.25) is 0 Å². The number of amides is 1. The lowest BCUT2D eigenvalue weighted by molar-refractivity contribution is -0.501. The molecule has 29 heavy (non-hydrogen) atoms. The number of ether oxygens (including phenoxy) is 2. The maximum atomic E-state index is 12.7. The third-order valence-corrected chi connectivity index (χ3v) is 5.00. The summed E-state index contributed by atoms with van der Waals surface area (Å²) in [7, 11) is 0. The molecule has 0 aromatic heterocycles. The number of rotatable bonds is 6. The molecular formula is C20H23N3O6. The van der Waals surface area contributed by atoms with E-state index in [9.17, 15) is 19.7 Å². The molecule has 9 nitrogen and oxygen atoms in total. The lowest BCUT2D eigenvalue weighted by Crippen LogP contribution is -2.51. The van der Waals surface area contributed by atoms with E-state index in [0.717, 1.165) is 12.8 Å². The van der Waals surface area contributed by atoms with Crippen molar-refractivity contribution < 1.29 is 24.0 Å². The van der Waals surface area contributed by atoms with Gasteiger partial charge in [-0.25, -0.2) is 14.6 Å². The first-order valence-electron chi connectivity index (χ1n) is 9.50. The fourth-order valence-corrected chi connectivity index (χ4v) is 3.45. The normalized spacial score (nSPS) is 24.0. The van der Waals surface area contributed by atoms with Crippen LogP contribution >= 0.6 is 0 Å². The van der Waals surface area contributed by atoms with Crippen LogP contribution in [-0.4, -0.2) is 53.0 Å². The molecule has 1 fully saturated rings. The Morgan fingerprint density at radius 2 is 2.14 bits per heavy atom. The number of hydrogen-bond donors (Lipinski definition) is 0. The Balaban J connectivity index is 2.10. The minimum Gasteiger partial charge on any atom is -0.493 e. The molecule has 0 spiro atoms. The molecule has 0 aromatic rings. The van der Waals surface area contributed by atoms with E-state index in [0.29, 0.717) is 29.8 Å². The number of allylic oxidation sites excluding steroid dienone is 3. The van der Waals surface area contributed by atoms with Gasteiger partial charge in [0.15, 0.2) is 0 Å². The van der Waals surface area contributed by atoms with Gasteiger partial charge in [-0.3, -0.25) is 15.0 Å². The highest BCUT2D eigenvalue weighted by molar-refractivity contribution is 5.96. The molecule has 0 aromatic carbocycles. The lowest BCUT2D eigenvalue weighted by Gasteiger charge is -2.37. The average Bonchev–Trinajstić information content (AvgIpc) is 3.50. The summed E-state index contributed by atoms with van der Waals surface area (Å²) in [6.07, 6.45) is 5.85. The average molecular weight is 401 g/mol. The maximum Gasteiger partial charge on any atom is 0.416 e. The van der Waals surface area contributed by atoms with Crippen molar-refractivity contribution >= 4 is 17.9 Å². The lowest BCUT2D eigenvalue weighted by atomic mass is 9.87. The highest BCUT2D eigenvalue weighted by atomic mass is 16.6. The van der Waals surface area contributed by atoms with Gasteiger partial charge in [-0.2, -0.15) is 0 Å². The molecule has 1 saturated carbocycles. The highest BCUT2D eigenvalue weighted by Crippen LogP contribution is 2.37. The summed E-state index contributed by atoms with van der Waals surface area (Å²) < 4.78 is 11.2. The van der Waals surface area contributed by atoms with Gasteiger partial charge < -0.3 is 9.47 Å². The molecule has 0 bridgehead atoms. The molecule has 0 saturated heterocycles. The maximum absolute atomic E-state index is 12.7. The van der Waals surface area contributed by atoms with Crippen LogP contribution in [0.3, 0.4) is 0 Å². The first kappa shape index (κ1) is 20.5. The minimum absolute atomic E-state index is 0.115. The molecule has 0 N–H and O–H groups in total. The van der Waals surface area contributed by atoms with E-state index in [4.69, 9.17) is 9.47 Å². The molecule has 3 aliphatic rings. The van der Waals surface area contributed by atoms with Crippen LogP contribution in [0, 0.1) is 16.0 Å². The zero-order chi connectivity index (χ0) is 21.1. The van der Waals surface area contributed by atoms with E-state index in [1.165, 1.54) is 23.1 Å². The van der Waals surface area contributed by atoms with Crippen LogP contribution in [-0.2, 0) is 14.3 Å². The van der Waals surface area contributed by atoms with E-state index in [1.807, 2.05) is 0 Å². The van der Waals surface area contributed by atoms with Gasteiger partial charge in [-0.1, -0.05) is 12.2 Å². The monoisotopic (exact) mass is 401 g/mol. The Hall–Kier alpha value is -3.19. The molecule has 154 valence electrons. The first-order valence-corrected chi connectivity index (χ1v) is 9.50. The van der Waals surface area contributed by atoms with Crippen molar-refractivity contribution in [2.75, 3.05) is 13.2 Å². The van der Waals surface area contributed by atoms with Gasteiger partial charge in [0.2, 0.25) is 0 Å². The Morgan fingerprint density at radius 3 is 2.72 bits per heavy atom. The van der Waals surface area contributed by atoms with Crippen LogP contribution < -0.4 is 0 Å². The van der Waals surface area contributed by atoms with E-state index in [-0.39, 0.29) is 17.8 Å². The molecule has 2 atom stereocenters. The molecule has 1 aliphatic heterocycles. The summed E-state index contributed by atoms with van der Waals surface area (Å²) in [4.78, 5) is 41.0. The van der Waals surface area contributed by atoms with Gasteiger partial charge in [-0.05, 0) is 45.6 Å². The molecule has 2 unspecified atom stereocenters. The number of aliphatic imine (C=N–C) groups is 1. The van der Waals surface area contributed by atoms with Crippen molar-refractivity contribution in [3.63, 3.8) is 0 Å². The number of nitrogens with zero attached hydrogens (tertiary/aromatic N) is 3. The number of amidine groups is 1. The molecule has 1 heterocycles. The SMILES string of the molecule is CCOC(=O)N1C(C)=NC(C)=C(OCC2CC2)C1C1=CC=CC(=C=O)C1[N+](=O)[O-]. The van der Waals surface area contributed by atoms with Crippen molar-refractivity contribution in [3.05, 3.63) is 50.9 Å². The smallest absolute Gasteiger partial charge is 0.416 e. The molecule has 1 amide bonds. The zero-order valence-corrected chi connectivity index (χ0v) is 16.6. The molecule has 9 heteroatoms. The van der Waals surface area contributed by atoms with Crippen molar-refractivity contribution in [1.29, 1.82) is 0 Å². The summed E-state index contributed by atoms with van der Waals surface area (Å²) in [6.45, 7) is 5.61. The van der Waals surface area contributed by atoms with Crippen LogP contribution in [0.5, 0.6) is 0 Å². The van der Waals surface area contributed by atoms with Gasteiger partial charge in [0.25, 0.3) is 6.04 Å². The van der Waals surface area contributed by atoms with E-state index < -0.39 is 23.1 Å². The van der Waals surface area contributed by atoms with E-state index in [1.54, 1.807) is 26.7 Å². The van der Waals surface area contributed by atoms with Crippen LogP contribution in [0.1, 0.15) is 33.6 Å². The van der Waals surface area contributed by atoms with Gasteiger partial charge in [0.1, 0.15) is 29.2 Å². The quantitative estimate of drug-likeness (QED) is 0.384. The minimum atomic E-state index is -1.45. The third kappa shape index (κ3) is 4.14. The second-order valence-electron chi connectivity index (χ2n) is 7.11. The van der Waals surface area contributed by atoms with Gasteiger partial charge in [-0.15, -0.1) is 0 Å². The number of carbonyl (C=O) groups is 1. The summed E-state index contributed by atoms with van der Waals surface area (Å²) in [5.74, 6) is 2.76. The van der Waals surface area contributed by atoms with Crippen molar-refractivity contribution in [2.45, 2.75) is 45.7 Å². The first-order chi connectivity index (χ1) is 13.9. The molecule has 3 rings (SSSR count). The molecule has 2 aliphatic carbocycles. The number of hydrogen-bond acceptors (Lipinski definition) is 7. The topological polar surface area (TPSA) is 111 Å². The standard InChI is InChI=1S/C20H23N3O6/c1-4-28-20(25)22-13(3)21-12(2)19(29-11-14-8-9-14)18(22)16-7-5-6-15(10-24)17(16)23(26)27/h5-7,14,17-18H,4,8-9,11H2,1-3H3. The highest BCUT2D eigenvalue weighted by Gasteiger charge is 2.46. The Morgan fingerprint density at radius 1 is 1.41 bits per heavy atom.